The zero-order valence-electron chi connectivity index (χ0n) is 13.3. The van der Waals surface area contributed by atoms with Crippen LogP contribution in [0.2, 0.25) is 0 Å². The highest BCUT2D eigenvalue weighted by Gasteiger charge is 2.06. The first kappa shape index (κ1) is 20.2. The Morgan fingerprint density at radius 1 is 1.24 bits per heavy atom. The normalized spacial score (nSPS) is 12.4. The summed E-state index contributed by atoms with van der Waals surface area (Å²) in [6.07, 6.45) is 2.16. The van der Waals surface area contributed by atoms with Crippen LogP contribution in [0.15, 0.2) is 35.3 Å². The van der Waals surface area contributed by atoms with Gasteiger partial charge in [-0.2, -0.15) is 0 Å². The zero-order valence-corrected chi connectivity index (χ0v) is 15.6. The molecule has 0 spiro atoms. The van der Waals surface area contributed by atoms with Gasteiger partial charge in [0.1, 0.15) is 0 Å². The lowest BCUT2D eigenvalue weighted by Gasteiger charge is -2.18. The summed E-state index contributed by atoms with van der Waals surface area (Å²) in [5.41, 5.74) is 1.26. The van der Waals surface area contributed by atoms with E-state index >= 15 is 0 Å². The number of hydrogen-bond donors (Lipinski definition) is 2. The van der Waals surface area contributed by atoms with E-state index in [2.05, 4.69) is 46.8 Å². The minimum Gasteiger partial charge on any atom is -0.382 e. The van der Waals surface area contributed by atoms with Crippen LogP contribution in [-0.4, -0.2) is 32.8 Å². The number of halogens is 1. The van der Waals surface area contributed by atoms with E-state index in [1.165, 1.54) is 5.56 Å². The van der Waals surface area contributed by atoms with Crippen LogP contribution in [0.3, 0.4) is 0 Å². The largest absolute Gasteiger partial charge is 0.382 e. The standard InChI is InChI=1S/C16H27N3O.HI/c1-4-20-13-9-8-12-18-16(17-3)19-14(2)15-10-6-5-7-11-15;/h5-7,10-11,14H,4,8-9,12-13H2,1-3H3,(H2,17,18,19);1H. The van der Waals surface area contributed by atoms with E-state index in [0.717, 1.165) is 38.6 Å². The Balaban J connectivity index is 0.00000400. The second-order valence-corrected chi connectivity index (χ2v) is 4.68. The van der Waals surface area contributed by atoms with Crippen molar-refractivity contribution >= 4 is 29.9 Å². The van der Waals surface area contributed by atoms with Gasteiger partial charge in [0.2, 0.25) is 0 Å². The predicted molar refractivity (Wildman–Crippen MR) is 100 cm³/mol. The molecule has 4 nitrogen and oxygen atoms in total. The molecule has 0 aromatic heterocycles. The quantitative estimate of drug-likeness (QED) is 0.302. The summed E-state index contributed by atoms with van der Waals surface area (Å²) in [6, 6.07) is 10.6. The van der Waals surface area contributed by atoms with Crippen molar-refractivity contribution in [2.24, 2.45) is 4.99 Å². The Kier molecular flexibility index (Phi) is 12.4. The first-order chi connectivity index (χ1) is 9.77. The fourth-order valence-corrected chi connectivity index (χ4v) is 1.91. The Labute approximate surface area is 145 Å². The summed E-state index contributed by atoms with van der Waals surface area (Å²) in [7, 11) is 1.80. The number of unbranched alkanes of at least 4 members (excludes halogenated alkanes) is 1. The number of aliphatic imine (C=N–C) groups is 1. The van der Waals surface area contributed by atoms with Gasteiger partial charge in [0, 0.05) is 26.8 Å². The molecular weight excluding hydrogens is 377 g/mol. The minimum atomic E-state index is 0. The van der Waals surface area contributed by atoms with E-state index in [9.17, 15) is 0 Å². The Hall–Kier alpha value is -0.820. The molecule has 0 aliphatic carbocycles. The molecule has 0 saturated heterocycles. The highest BCUT2D eigenvalue weighted by atomic mass is 127. The number of rotatable bonds is 8. The summed E-state index contributed by atoms with van der Waals surface area (Å²) < 4.78 is 5.32. The van der Waals surface area contributed by atoms with E-state index in [0.29, 0.717) is 0 Å². The van der Waals surface area contributed by atoms with Crippen molar-refractivity contribution in [2.75, 3.05) is 26.8 Å². The Bertz CT molecular complexity index is 384. The minimum absolute atomic E-state index is 0. The van der Waals surface area contributed by atoms with Crippen molar-refractivity contribution in [1.82, 2.24) is 10.6 Å². The maximum absolute atomic E-state index is 5.32. The van der Waals surface area contributed by atoms with Crippen LogP contribution in [0.1, 0.15) is 38.3 Å². The zero-order chi connectivity index (χ0) is 14.6. The van der Waals surface area contributed by atoms with Gasteiger partial charge in [-0.15, -0.1) is 24.0 Å². The van der Waals surface area contributed by atoms with Gasteiger partial charge in [-0.25, -0.2) is 0 Å². The van der Waals surface area contributed by atoms with E-state index in [1.807, 2.05) is 13.0 Å². The van der Waals surface area contributed by atoms with Crippen LogP contribution in [-0.2, 0) is 4.74 Å². The lowest BCUT2D eigenvalue weighted by molar-refractivity contribution is 0.143. The maximum Gasteiger partial charge on any atom is 0.191 e. The van der Waals surface area contributed by atoms with E-state index < -0.39 is 0 Å². The summed E-state index contributed by atoms with van der Waals surface area (Å²) in [4.78, 5) is 4.25. The monoisotopic (exact) mass is 405 g/mol. The maximum atomic E-state index is 5.32. The Morgan fingerprint density at radius 3 is 2.57 bits per heavy atom. The highest BCUT2D eigenvalue weighted by Crippen LogP contribution is 2.10. The second-order valence-electron chi connectivity index (χ2n) is 4.68. The average Bonchev–Trinajstić information content (AvgIpc) is 2.50. The molecule has 0 saturated carbocycles. The molecule has 120 valence electrons. The fraction of sp³-hybridized carbons (Fsp3) is 0.562. The highest BCUT2D eigenvalue weighted by molar-refractivity contribution is 14.0. The molecule has 0 aliphatic rings. The van der Waals surface area contributed by atoms with Crippen LogP contribution in [0.4, 0.5) is 0 Å². The van der Waals surface area contributed by atoms with Gasteiger partial charge in [-0.1, -0.05) is 30.3 Å². The van der Waals surface area contributed by atoms with Gasteiger partial charge in [0.15, 0.2) is 5.96 Å². The number of nitrogens with one attached hydrogen (secondary N) is 2. The second kappa shape index (κ2) is 12.9. The number of hydrogen-bond acceptors (Lipinski definition) is 2. The summed E-state index contributed by atoms with van der Waals surface area (Å²) in [5.74, 6) is 0.845. The van der Waals surface area contributed by atoms with Crippen LogP contribution < -0.4 is 10.6 Å². The molecule has 5 heteroatoms. The molecule has 1 unspecified atom stereocenters. The topological polar surface area (TPSA) is 45.6 Å². The molecule has 2 N–H and O–H groups in total. The molecule has 1 aromatic carbocycles. The van der Waals surface area contributed by atoms with Gasteiger partial charge in [-0.05, 0) is 32.3 Å². The first-order valence-electron chi connectivity index (χ1n) is 7.37. The van der Waals surface area contributed by atoms with Crippen molar-refractivity contribution < 1.29 is 4.74 Å². The molecule has 0 bridgehead atoms. The van der Waals surface area contributed by atoms with Crippen LogP contribution in [0.5, 0.6) is 0 Å². The fourth-order valence-electron chi connectivity index (χ4n) is 1.91. The molecule has 1 aromatic rings. The average molecular weight is 405 g/mol. The molecule has 1 rings (SSSR count). The summed E-state index contributed by atoms with van der Waals surface area (Å²) in [6.45, 7) is 6.70. The molecule has 0 radical (unpaired) electrons. The molecular formula is C16H28IN3O. The molecule has 0 aliphatic heterocycles. The van der Waals surface area contributed by atoms with Crippen LogP contribution in [0, 0.1) is 0 Å². The molecule has 0 heterocycles. The molecule has 0 amide bonds. The van der Waals surface area contributed by atoms with E-state index in [1.54, 1.807) is 7.05 Å². The number of nitrogens with zero attached hydrogens (tertiary/aromatic N) is 1. The van der Waals surface area contributed by atoms with Gasteiger partial charge in [0.05, 0.1) is 6.04 Å². The van der Waals surface area contributed by atoms with Crippen LogP contribution in [0.25, 0.3) is 0 Å². The number of ether oxygens (including phenoxy) is 1. The first-order valence-corrected chi connectivity index (χ1v) is 7.37. The third-order valence-corrected chi connectivity index (χ3v) is 3.09. The van der Waals surface area contributed by atoms with Gasteiger partial charge in [-0.3, -0.25) is 4.99 Å². The van der Waals surface area contributed by atoms with Crippen molar-refractivity contribution in [3.05, 3.63) is 35.9 Å². The third-order valence-electron chi connectivity index (χ3n) is 3.09. The number of guanidine groups is 1. The predicted octanol–water partition coefficient (Wildman–Crippen LogP) is 3.35. The van der Waals surface area contributed by atoms with Crippen molar-refractivity contribution in [3.8, 4) is 0 Å². The van der Waals surface area contributed by atoms with Crippen molar-refractivity contribution in [2.45, 2.75) is 32.7 Å². The number of benzene rings is 1. The Morgan fingerprint density at radius 2 is 1.95 bits per heavy atom. The molecule has 21 heavy (non-hydrogen) atoms. The SMILES string of the molecule is CCOCCCCNC(=NC)NC(C)c1ccccc1.I. The van der Waals surface area contributed by atoms with Crippen LogP contribution >= 0.6 is 24.0 Å². The lowest BCUT2D eigenvalue weighted by atomic mass is 10.1. The smallest absolute Gasteiger partial charge is 0.191 e. The summed E-state index contributed by atoms with van der Waals surface area (Å²) >= 11 is 0. The van der Waals surface area contributed by atoms with E-state index in [-0.39, 0.29) is 30.0 Å². The molecule has 0 fully saturated rings. The van der Waals surface area contributed by atoms with Gasteiger partial charge < -0.3 is 15.4 Å². The summed E-state index contributed by atoms with van der Waals surface area (Å²) in [5, 5.41) is 6.72. The van der Waals surface area contributed by atoms with Crippen molar-refractivity contribution in [3.63, 3.8) is 0 Å². The lowest BCUT2D eigenvalue weighted by Crippen LogP contribution is -2.39. The van der Waals surface area contributed by atoms with Gasteiger partial charge in [0.25, 0.3) is 0 Å². The van der Waals surface area contributed by atoms with E-state index in [4.69, 9.17) is 4.74 Å². The molecule has 1 atom stereocenters. The third kappa shape index (κ3) is 8.93. The van der Waals surface area contributed by atoms with Crippen molar-refractivity contribution in [1.29, 1.82) is 0 Å². The van der Waals surface area contributed by atoms with Gasteiger partial charge >= 0.3 is 0 Å².